The molecule has 1 amide bonds. The van der Waals surface area contributed by atoms with Crippen molar-refractivity contribution in [2.75, 3.05) is 45.4 Å². The third-order valence-electron chi connectivity index (χ3n) is 8.41. The summed E-state index contributed by atoms with van der Waals surface area (Å²) in [5.74, 6) is 0.956. The Kier molecular flexibility index (Phi) is 8.11. The summed E-state index contributed by atoms with van der Waals surface area (Å²) >= 11 is 0. The number of hydrogen-bond donors (Lipinski definition) is 0. The highest BCUT2D eigenvalue weighted by molar-refractivity contribution is 6.09. The van der Waals surface area contributed by atoms with Gasteiger partial charge in [0.1, 0.15) is 17.2 Å². The van der Waals surface area contributed by atoms with E-state index in [0.717, 1.165) is 47.4 Å². The summed E-state index contributed by atoms with van der Waals surface area (Å²) in [6.07, 6.45) is 4.68. The fourth-order valence-electron chi connectivity index (χ4n) is 6.37. The molecule has 0 aromatic heterocycles. The molecule has 2 atom stereocenters. The molecule has 222 valence electrons. The molecule has 0 spiro atoms. The summed E-state index contributed by atoms with van der Waals surface area (Å²) in [6.45, 7) is 2.09. The first-order valence-electron chi connectivity index (χ1n) is 14.5. The van der Waals surface area contributed by atoms with Crippen LogP contribution in [0.25, 0.3) is 6.08 Å². The molecule has 1 saturated carbocycles. The third-order valence-corrected chi connectivity index (χ3v) is 8.41. The minimum Gasteiger partial charge on any atom is -0.496 e. The van der Waals surface area contributed by atoms with Crippen molar-refractivity contribution in [2.24, 2.45) is 11.0 Å². The number of carbonyl (C=O) groups excluding carboxylic acids is 1. The maximum absolute atomic E-state index is 14.3. The Hall–Kier alpha value is -4.70. The summed E-state index contributed by atoms with van der Waals surface area (Å²) in [5, 5.41) is 18.6. The number of nitrogens with zero attached hydrogens (tertiary/aromatic N) is 4. The molecule has 3 aliphatic rings. The lowest BCUT2D eigenvalue weighted by Gasteiger charge is -2.31. The van der Waals surface area contributed by atoms with Crippen LogP contribution < -0.4 is 14.4 Å². The maximum Gasteiger partial charge on any atom is 0.293 e. The van der Waals surface area contributed by atoms with Gasteiger partial charge in [-0.15, -0.1) is 0 Å². The zero-order valence-corrected chi connectivity index (χ0v) is 24.3. The quantitative estimate of drug-likeness (QED) is 0.253. The van der Waals surface area contributed by atoms with Crippen LogP contribution in [0.3, 0.4) is 0 Å². The first-order chi connectivity index (χ1) is 21.0. The van der Waals surface area contributed by atoms with Gasteiger partial charge in [0.15, 0.2) is 0 Å². The van der Waals surface area contributed by atoms with Gasteiger partial charge in [0.25, 0.3) is 11.6 Å². The van der Waals surface area contributed by atoms with E-state index < -0.39 is 16.9 Å². The van der Waals surface area contributed by atoms with Crippen LogP contribution in [0.5, 0.6) is 11.5 Å². The van der Waals surface area contributed by atoms with Crippen molar-refractivity contribution in [1.29, 1.82) is 0 Å². The van der Waals surface area contributed by atoms with Crippen LogP contribution in [-0.2, 0) is 4.74 Å². The van der Waals surface area contributed by atoms with Crippen LogP contribution in [0.15, 0.2) is 77.4 Å². The first-order valence-corrected chi connectivity index (χ1v) is 14.5. The van der Waals surface area contributed by atoms with Gasteiger partial charge >= 0.3 is 0 Å². The lowest BCUT2D eigenvalue weighted by molar-refractivity contribution is -0.384. The Morgan fingerprint density at radius 2 is 1.74 bits per heavy atom. The second-order valence-electron chi connectivity index (χ2n) is 10.8. The average molecular weight is 583 g/mol. The zero-order chi connectivity index (χ0) is 29.9. The standard InChI is InChI=1S/C33H34N4O6/c1-41-29-12-5-3-8-22(29)20-23-9-7-11-26-31(23)34-36(32(26)25-10-4-6-13-30(25)42-2)33(38)24-14-15-27(28(21-24)37(39)40)35-16-18-43-19-17-35/h3-6,8,10,12-15,20-21,26,32H,7,9,11,16-19H2,1-2H3/b23-20+/t26-,32+/m0/s1. The van der Waals surface area contributed by atoms with Crippen LogP contribution in [0.4, 0.5) is 11.4 Å². The number of fused-ring (bicyclic) bond motifs is 1. The maximum atomic E-state index is 14.3. The SMILES string of the molecule is COc1ccccc1/C=C1\CCC[C@H]2C1=NN(C(=O)c1ccc(N3CCOCC3)c([N+](=O)[O-])c1)[C@@H]2c1ccccc1OC. The number of anilines is 1. The highest BCUT2D eigenvalue weighted by atomic mass is 16.6. The number of nitro benzene ring substituents is 1. The van der Waals surface area contributed by atoms with E-state index in [1.165, 1.54) is 11.1 Å². The molecule has 2 aliphatic heterocycles. The minimum atomic E-state index is -0.432. The molecule has 10 heteroatoms. The van der Waals surface area contributed by atoms with Gasteiger partial charge in [-0.25, -0.2) is 5.01 Å². The van der Waals surface area contributed by atoms with E-state index in [-0.39, 0.29) is 17.2 Å². The lowest BCUT2D eigenvalue weighted by atomic mass is 9.77. The monoisotopic (exact) mass is 582 g/mol. The molecular formula is C33H34N4O6. The lowest BCUT2D eigenvalue weighted by Crippen LogP contribution is -2.36. The van der Waals surface area contributed by atoms with Gasteiger partial charge in [0.2, 0.25) is 0 Å². The van der Waals surface area contributed by atoms with Gasteiger partial charge in [-0.05, 0) is 55.2 Å². The largest absolute Gasteiger partial charge is 0.496 e. The summed E-state index contributed by atoms with van der Waals surface area (Å²) in [5.41, 5.74) is 4.26. The average Bonchev–Trinajstić information content (AvgIpc) is 3.45. The van der Waals surface area contributed by atoms with E-state index in [9.17, 15) is 14.9 Å². The molecule has 1 saturated heterocycles. The predicted octanol–water partition coefficient (Wildman–Crippen LogP) is 5.89. The Labute approximate surface area is 250 Å². The molecule has 0 N–H and O–H groups in total. The first kappa shape index (κ1) is 28.4. The molecule has 2 heterocycles. The molecule has 6 rings (SSSR count). The van der Waals surface area contributed by atoms with Crippen molar-refractivity contribution in [3.8, 4) is 11.5 Å². The van der Waals surface area contributed by atoms with Crippen molar-refractivity contribution >= 4 is 29.1 Å². The predicted molar refractivity (Wildman–Crippen MR) is 164 cm³/mol. The molecule has 2 fully saturated rings. The molecule has 3 aromatic rings. The molecule has 0 bridgehead atoms. The summed E-state index contributed by atoms with van der Waals surface area (Å²) in [7, 11) is 3.26. The number of benzene rings is 3. The topological polar surface area (TPSA) is 107 Å². The number of methoxy groups -OCH3 is 2. The van der Waals surface area contributed by atoms with E-state index in [1.807, 2.05) is 53.4 Å². The van der Waals surface area contributed by atoms with E-state index in [1.54, 1.807) is 26.4 Å². The van der Waals surface area contributed by atoms with Gasteiger partial charge < -0.3 is 19.1 Å². The highest BCUT2D eigenvalue weighted by Gasteiger charge is 2.45. The number of rotatable bonds is 7. The Balaban J connectivity index is 1.43. The number of allylic oxidation sites excluding steroid dienone is 1. The number of carbonyl (C=O) groups is 1. The number of morpholine rings is 1. The zero-order valence-electron chi connectivity index (χ0n) is 24.3. The molecule has 3 aromatic carbocycles. The van der Waals surface area contributed by atoms with Crippen LogP contribution in [0, 0.1) is 16.0 Å². The normalized spacial score (nSPS) is 20.9. The van der Waals surface area contributed by atoms with Gasteiger partial charge in [0, 0.05) is 41.8 Å². The summed E-state index contributed by atoms with van der Waals surface area (Å²) < 4.78 is 16.7. The van der Waals surface area contributed by atoms with Gasteiger partial charge in [-0.2, -0.15) is 5.10 Å². The van der Waals surface area contributed by atoms with E-state index in [4.69, 9.17) is 19.3 Å². The smallest absolute Gasteiger partial charge is 0.293 e. The van der Waals surface area contributed by atoms with E-state index in [2.05, 4.69) is 6.08 Å². The molecule has 0 unspecified atom stereocenters. The van der Waals surface area contributed by atoms with Crippen molar-refractivity contribution in [3.63, 3.8) is 0 Å². The number of amides is 1. The van der Waals surface area contributed by atoms with Gasteiger partial charge in [-0.1, -0.05) is 36.4 Å². The summed E-state index contributed by atoms with van der Waals surface area (Å²) in [4.78, 5) is 27.9. The molecule has 1 aliphatic carbocycles. The van der Waals surface area contributed by atoms with Crippen molar-refractivity contribution in [1.82, 2.24) is 5.01 Å². The second kappa shape index (κ2) is 12.3. The fourth-order valence-corrected chi connectivity index (χ4v) is 6.37. The van der Waals surface area contributed by atoms with E-state index in [0.29, 0.717) is 37.7 Å². The number of ether oxygens (including phenoxy) is 3. The van der Waals surface area contributed by atoms with Crippen LogP contribution in [-0.4, -0.2) is 62.1 Å². The van der Waals surface area contributed by atoms with Crippen molar-refractivity contribution in [2.45, 2.75) is 25.3 Å². The fraction of sp³-hybridized carbons (Fsp3) is 0.333. The highest BCUT2D eigenvalue weighted by Crippen LogP contribution is 2.47. The Bertz CT molecular complexity index is 1600. The molecule has 43 heavy (non-hydrogen) atoms. The third kappa shape index (κ3) is 5.46. The van der Waals surface area contributed by atoms with E-state index >= 15 is 0 Å². The number of hydrogen-bond acceptors (Lipinski definition) is 8. The van der Waals surface area contributed by atoms with Gasteiger partial charge in [0.05, 0.1) is 44.1 Å². The number of nitro groups is 1. The van der Waals surface area contributed by atoms with Crippen molar-refractivity contribution in [3.05, 3.63) is 99.1 Å². The molecule has 0 radical (unpaired) electrons. The second-order valence-corrected chi connectivity index (χ2v) is 10.8. The van der Waals surface area contributed by atoms with Crippen LogP contribution in [0.2, 0.25) is 0 Å². The Morgan fingerprint density at radius 1 is 1.02 bits per heavy atom. The van der Waals surface area contributed by atoms with Crippen LogP contribution >= 0.6 is 0 Å². The minimum absolute atomic E-state index is 0.0717. The van der Waals surface area contributed by atoms with Crippen LogP contribution in [0.1, 0.15) is 46.8 Å². The number of para-hydroxylation sites is 2. The Morgan fingerprint density at radius 3 is 2.49 bits per heavy atom. The number of hydrazone groups is 1. The molecule has 10 nitrogen and oxygen atoms in total. The van der Waals surface area contributed by atoms with Gasteiger partial charge in [-0.3, -0.25) is 14.9 Å². The molecular weight excluding hydrogens is 548 g/mol. The summed E-state index contributed by atoms with van der Waals surface area (Å²) in [6, 6.07) is 19.7. The van der Waals surface area contributed by atoms with Crippen molar-refractivity contribution < 1.29 is 23.9 Å².